The first kappa shape index (κ1) is 18.4. The molecule has 1 aromatic rings. The Bertz CT molecular complexity index is 457. The van der Waals surface area contributed by atoms with E-state index in [1.54, 1.807) is 25.1 Å². The number of nitrogens with one attached hydrogen (secondary N) is 1. The molecule has 7 heteroatoms. The van der Waals surface area contributed by atoms with Gasteiger partial charge in [0.05, 0.1) is 0 Å². The van der Waals surface area contributed by atoms with E-state index in [4.69, 9.17) is 27.9 Å². The molecule has 21 heavy (non-hydrogen) atoms. The van der Waals surface area contributed by atoms with Crippen molar-refractivity contribution in [1.82, 2.24) is 10.2 Å². The highest BCUT2D eigenvalue weighted by atomic mass is 35.5. The van der Waals surface area contributed by atoms with Gasteiger partial charge in [0.1, 0.15) is 5.75 Å². The van der Waals surface area contributed by atoms with Crippen molar-refractivity contribution in [3.8, 4) is 5.75 Å². The third-order valence-electron chi connectivity index (χ3n) is 3.15. The van der Waals surface area contributed by atoms with Gasteiger partial charge < -0.3 is 15.0 Å². The number of rotatable bonds is 3. The highest BCUT2D eigenvalue weighted by molar-refractivity contribution is 6.34. The third kappa shape index (κ3) is 5.55. The van der Waals surface area contributed by atoms with E-state index < -0.39 is 6.10 Å². The third-order valence-corrected chi connectivity index (χ3v) is 3.58. The SMILES string of the molecule is CC(Oc1cc(Cl)cc(Cl)c1)C(=O)N1CCCNCC1.Cl. The van der Waals surface area contributed by atoms with Gasteiger partial charge in [-0.15, -0.1) is 12.4 Å². The first-order valence-corrected chi connectivity index (χ1v) is 7.44. The van der Waals surface area contributed by atoms with Crippen LogP contribution >= 0.6 is 35.6 Å². The van der Waals surface area contributed by atoms with Crippen LogP contribution in [0.15, 0.2) is 18.2 Å². The topological polar surface area (TPSA) is 41.6 Å². The lowest BCUT2D eigenvalue weighted by molar-refractivity contribution is -0.137. The number of amides is 1. The predicted octanol–water partition coefficient (Wildman–Crippen LogP) is 3.00. The largest absolute Gasteiger partial charge is 0.481 e. The number of hydrogen-bond donors (Lipinski definition) is 1. The minimum atomic E-state index is -0.553. The Morgan fingerprint density at radius 1 is 1.24 bits per heavy atom. The molecular weight excluding hydrogens is 335 g/mol. The van der Waals surface area contributed by atoms with E-state index in [1.165, 1.54) is 0 Å². The molecule has 1 heterocycles. The van der Waals surface area contributed by atoms with Crippen LogP contribution in [-0.2, 0) is 4.79 Å². The second kappa shape index (κ2) is 8.69. The number of carbonyl (C=O) groups excluding carboxylic acids is 1. The molecule has 1 aliphatic heterocycles. The maximum absolute atomic E-state index is 12.3. The Kier molecular flexibility index (Phi) is 7.60. The van der Waals surface area contributed by atoms with Crippen molar-refractivity contribution >= 4 is 41.5 Å². The van der Waals surface area contributed by atoms with Crippen LogP contribution in [0.1, 0.15) is 13.3 Å². The number of carbonyl (C=O) groups is 1. The monoisotopic (exact) mass is 352 g/mol. The summed E-state index contributed by atoms with van der Waals surface area (Å²) in [5, 5.41) is 4.25. The molecule has 1 saturated heterocycles. The van der Waals surface area contributed by atoms with E-state index >= 15 is 0 Å². The van der Waals surface area contributed by atoms with Crippen molar-refractivity contribution in [2.24, 2.45) is 0 Å². The highest BCUT2D eigenvalue weighted by Gasteiger charge is 2.22. The van der Waals surface area contributed by atoms with Crippen LogP contribution in [0.25, 0.3) is 0 Å². The summed E-state index contributed by atoms with van der Waals surface area (Å²) in [7, 11) is 0. The highest BCUT2D eigenvalue weighted by Crippen LogP contribution is 2.25. The standard InChI is InChI=1S/C14H18Cl2N2O2.ClH/c1-10(14(19)18-5-2-3-17-4-6-18)20-13-8-11(15)7-12(16)9-13;/h7-10,17H,2-6H2,1H3;1H. The predicted molar refractivity (Wildman–Crippen MR) is 87.9 cm³/mol. The Hall–Kier alpha value is -0.680. The molecule has 0 spiro atoms. The van der Waals surface area contributed by atoms with Gasteiger partial charge in [-0.25, -0.2) is 0 Å². The molecule has 1 N–H and O–H groups in total. The Balaban J connectivity index is 0.00000220. The van der Waals surface area contributed by atoms with Crippen molar-refractivity contribution in [3.05, 3.63) is 28.2 Å². The lowest BCUT2D eigenvalue weighted by atomic mass is 10.3. The van der Waals surface area contributed by atoms with Gasteiger partial charge in [0.2, 0.25) is 0 Å². The number of benzene rings is 1. The smallest absolute Gasteiger partial charge is 0.263 e. The normalized spacial score (nSPS) is 16.6. The molecule has 0 bridgehead atoms. The molecule has 1 unspecified atom stereocenters. The second-order valence-corrected chi connectivity index (χ2v) is 5.67. The summed E-state index contributed by atoms with van der Waals surface area (Å²) < 4.78 is 5.65. The summed E-state index contributed by atoms with van der Waals surface area (Å²) in [6.45, 7) is 4.98. The fraction of sp³-hybridized carbons (Fsp3) is 0.500. The zero-order chi connectivity index (χ0) is 14.5. The summed E-state index contributed by atoms with van der Waals surface area (Å²) in [6, 6.07) is 4.94. The zero-order valence-electron chi connectivity index (χ0n) is 11.8. The Morgan fingerprint density at radius 2 is 1.90 bits per heavy atom. The maximum atomic E-state index is 12.3. The van der Waals surface area contributed by atoms with Gasteiger partial charge in [-0.2, -0.15) is 0 Å². The first-order chi connectivity index (χ1) is 9.56. The molecule has 1 fully saturated rings. The van der Waals surface area contributed by atoms with E-state index in [2.05, 4.69) is 5.32 Å². The summed E-state index contributed by atoms with van der Waals surface area (Å²) in [5.74, 6) is 0.501. The fourth-order valence-corrected chi connectivity index (χ4v) is 2.68. The van der Waals surface area contributed by atoms with E-state index in [9.17, 15) is 4.79 Å². The summed E-state index contributed by atoms with van der Waals surface area (Å²) in [6.07, 6.45) is 0.407. The van der Waals surface area contributed by atoms with Gasteiger partial charge >= 0.3 is 0 Å². The van der Waals surface area contributed by atoms with Gasteiger partial charge in [-0.1, -0.05) is 23.2 Å². The molecule has 1 amide bonds. The molecule has 0 aromatic heterocycles. The molecule has 0 radical (unpaired) electrons. The average molecular weight is 354 g/mol. The number of hydrogen-bond acceptors (Lipinski definition) is 3. The van der Waals surface area contributed by atoms with E-state index in [-0.39, 0.29) is 18.3 Å². The summed E-state index contributed by atoms with van der Waals surface area (Å²) in [4.78, 5) is 14.2. The average Bonchev–Trinajstić information content (AvgIpc) is 2.65. The molecule has 118 valence electrons. The van der Waals surface area contributed by atoms with E-state index in [0.29, 0.717) is 22.3 Å². The quantitative estimate of drug-likeness (QED) is 0.908. The second-order valence-electron chi connectivity index (χ2n) is 4.79. The lowest BCUT2D eigenvalue weighted by Crippen LogP contribution is -2.42. The van der Waals surface area contributed by atoms with Gasteiger partial charge in [0, 0.05) is 29.7 Å². The Labute approximate surface area is 141 Å². The van der Waals surface area contributed by atoms with Gasteiger partial charge in [0.15, 0.2) is 6.10 Å². The maximum Gasteiger partial charge on any atom is 0.263 e. The Morgan fingerprint density at radius 3 is 2.57 bits per heavy atom. The number of halogens is 3. The van der Waals surface area contributed by atoms with E-state index in [0.717, 1.165) is 26.1 Å². The molecule has 1 aromatic carbocycles. The van der Waals surface area contributed by atoms with E-state index in [1.807, 2.05) is 4.90 Å². The minimum Gasteiger partial charge on any atom is -0.481 e. The van der Waals surface area contributed by atoms with Gasteiger partial charge in [0.25, 0.3) is 5.91 Å². The zero-order valence-corrected chi connectivity index (χ0v) is 14.1. The minimum absolute atomic E-state index is 0. The first-order valence-electron chi connectivity index (χ1n) is 6.68. The van der Waals surface area contributed by atoms with Crippen molar-refractivity contribution in [2.75, 3.05) is 26.2 Å². The molecule has 0 saturated carbocycles. The van der Waals surface area contributed by atoms with Crippen LogP contribution < -0.4 is 10.1 Å². The van der Waals surface area contributed by atoms with Crippen molar-refractivity contribution in [1.29, 1.82) is 0 Å². The summed E-state index contributed by atoms with van der Waals surface area (Å²) >= 11 is 11.8. The van der Waals surface area contributed by atoms with Gasteiger partial charge in [-0.05, 0) is 38.1 Å². The lowest BCUT2D eigenvalue weighted by Gasteiger charge is -2.24. The summed E-state index contributed by atoms with van der Waals surface area (Å²) in [5.41, 5.74) is 0. The van der Waals surface area contributed by atoms with Crippen LogP contribution in [0.2, 0.25) is 10.0 Å². The molecule has 1 atom stereocenters. The number of ether oxygens (including phenoxy) is 1. The molecule has 4 nitrogen and oxygen atoms in total. The van der Waals surface area contributed by atoms with Crippen LogP contribution in [-0.4, -0.2) is 43.1 Å². The van der Waals surface area contributed by atoms with Crippen LogP contribution in [0, 0.1) is 0 Å². The van der Waals surface area contributed by atoms with Crippen LogP contribution in [0.5, 0.6) is 5.75 Å². The van der Waals surface area contributed by atoms with Crippen LogP contribution in [0.3, 0.4) is 0 Å². The van der Waals surface area contributed by atoms with Crippen LogP contribution in [0.4, 0.5) is 0 Å². The van der Waals surface area contributed by atoms with Gasteiger partial charge in [-0.3, -0.25) is 4.79 Å². The van der Waals surface area contributed by atoms with Crippen molar-refractivity contribution < 1.29 is 9.53 Å². The fourth-order valence-electron chi connectivity index (χ4n) is 2.17. The molecule has 0 aliphatic carbocycles. The molecule has 2 rings (SSSR count). The number of nitrogens with zero attached hydrogens (tertiary/aromatic N) is 1. The molecular formula is C14H19Cl3N2O2. The van der Waals surface area contributed by atoms with Crippen molar-refractivity contribution in [3.63, 3.8) is 0 Å². The van der Waals surface area contributed by atoms with Crippen molar-refractivity contribution in [2.45, 2.75) is 19.4 Å². The molecule has 1 aliphatic rings.